The Kier molecular flexibility index (Phi) is 3.17. The highest BCUT2D eigenvalue weighted by Gasteiger charge is 2.19. The van der Waals surface area contributed by atoms with Crippen LogP contribution in [-0.2, 0) is 11.2 Å². The van der Waals surface area contributed by atoms with E-state index in [1.807, 2.05) is 0 Å². The number of likely N-dealkylation sites (tertiary alicyclic amines) is 1. The molecule has 1 amide bonds. The lowest BCUT2D eigenvalue weighted by atomic mass is 10.1. The molecule has 0 unspecified atom stereocenters. The summed E-state index contributed by atoms with van der Waals surface area (Å²) in [4.78, 5) is 13.4. The van der Waals surface area contributed by atoms with E-state index < -0.39 is 11.6 Å². The Balaban J connectivity index is 2.08. The third-order valence-electron chi connectivity index (χ3n) is 2.83. The Labute approximate surface area is 92.9 Å². The SMILES string of the molecule is O=C(Cc1cccc(F)c1F)N1CCCC1. The highest BCUT2D eigenvalue weighted by molar-refractivity contribution is 5.79. The van der Waals surface area contributed by atoms with Gasteiger partial charge in [-0.05, 0) is 18.9 Å². The van der Waals surface area contributed by atoms with Gasteiger partial charge in [0.15, 0.2) is 11.6 Å². The molecule has 0 radical (unpaired) electrons. The lowest BCUT2D eigenvalue weighted by Crippen LogP contribution is -2.29. The fraction of sp³-hybridized carbons (Fsp3) is 0.417. The molecule has 86 valence electrons. The number of amides is 1. The quantitative estimate of drug-likeness (QED) is 0.755. The molecule has 0 spiro atoms. The third kappa shape index (κ3) is 2.21. The average molecular weight is 225 g/mol. The van der Waals surface area contributed by atoms with Crippen LogP contribution in [0.25, 0.3) is 0 Å². The van der Waals surface area contributed by atoms with Crippen molar-refractivity contribution in [1.29, 1.82) is 0 Å². The standard InChI is InChI=1S/C12H13F2NO/c13-10-5-3-4-9(12(10)14)8-11(16)15-6-1-2-7-15/h3-5H,1-2,6-8H2. The molecule has 1 heterocycles. The molecule has 2 nitrogen and oxygen atoms in total. The second-order valence-corrected chi connectivity index (χ2v) is 3.98. The van der Waals surface area contributed by atoms with E-state index in [2.05, 4.69) is 0 Å². The summed E-state index contributed by atoms with van der Waals surface area (Å²) in [6.07, 6.45) is 1.94. The smallest absolute Gasteiger partial charge is 0.227 e. The first-order valence-electron chi connectivity index (χ1n) is 5.39. The molecule has 1 fully saturated rings. The maximum atomic E-state index is 13.3. The van der Waals surface area contributed by atoms with Crippen LogP contribution in [-0.4, -0.2) is 23.9 Å². The second kappa shape index (κ2) is 4.60. The van der Waals surface area contributed by atoms with Crippen molar-refractivity contribution in [3.05, 3.63) is 35.4 Å². The monoisotopic (exact) mass is 225 g/mol. The number of hydrogen-bond acceptors (Lipinski definition) is 1. The number of nitrogens with zero attached hydrogens (tertiary/aromatic N) is 1. The van der Waals surface area contributed by atoms with Crippen LogP contribution >= 0.6 is 0 Å². The van der Waals surface area contributed by atoms with Crippen molar-refractivity contribution >= 4 is 5.91 Å². The Morgan fingerprint density at radius 1 is 1.25 bits per heavy atom. The van der Waals surface area contributed by atoms with Crippen molar-refractivity contribution in [2.75, 3.05) is 13.1 Å². The fourth-order valence-corrected chi connectivity index (χ4v) is 1.93. The molecule has 0 aliphatic carbocycles. The van der Waals surface area contributed by atoms with Crippen LogP contribution in [0.4, 0.5) is 8.78 Å². The van der Waals surface area contributed by atoms with Gasteiger partial charge in [-0.1, -0.05) is 12.1 Å². The van der Waals surface area contributed by atoms with Crippen LogP contribution in [0.3, 0.4) is 0 Å². The summed E-state index contributed by atoms with van der Waals surface area (Å²) in [6, 6.07) is 3.93. The van der Waals surface area contributed by atoms with E-state index in [1.165, 1.54) is 12.1 Å². The number of carbonyl (C=O) groups is 1. The first-order valence-corrected chi connectivity index (χ1v) is 5.39. The minimum absolute atomic E-state index is 0.0520. The Morgan fingerprint density at radius 3 is 2.62 bits per heavy atom. The predicted octanol–water partition coefficient (Wildman–Crippen LogP) is 2.13. The van der Waals surface area contributed by atoms with E-state index in [-0.39, 0.29) is 17.9 Å². The number of hydrogen-bond donors (Lipinski definition) is 0. The molecule has 2 rings (SSSR count). The molecule has 0 bridgehead atoms. The van der Waals surface area contributed by atoms with E-state index in [1.54, 1.807) is 4.90 Å². The van der Waals surface area contributed by atoms with E-state index in [4.69, 9.17) is 0 Å². The Morgan fingerprint density at radius 2 is 1.94 bits per heavy atom. The molecule has 0 N–H and O–H groups in total. The summed E-state index contributed by atoms with van der Waals surface area (Å²) in [5.74, 6) is -1.93. The predicted molar refractivity (Wildman–Crippen MR) is 55.9 cm³/mol. The summed E-state index contributed by atoms with van der Waals surface area (Å²) in [5.41, 5.74) is 0.136. The van der Waals surface area contributed by atoms with Gasteiger partial charge in [0.2, 0.25) is 5.91 Å². The molecule has 4 heteroatoms. The third-order valence-corrected chi connectivity index (χ3v) is 2.83. The molecular weight excluding hydrogens is 212 g/mol. The highest BCUT2D eigenvalue weighted by Crippen LogP contribution is 2.15. The minimum atomic E-state index is -0.907. The van der Waals surface area contributed by atoms with Crippen LogP contribution < -0.4 is 0 Å². The van der Waals surface area contributed by atoms with Gasteiger partial charge < -0.3 is 4.90 Å². The van der Waals surface area contributed by atoms with Crippen molar-refractivity contribution in [3.8, 4) is 0 Å². The lowest BCUT2D eigenvalue weighted by Gasteiger charge is -2.15. The van der Waals surface area contributed by atoms with Gasteiger partial charge in [0.05, 0.1) is 6.42 Å². The molecule has 1 aliphatic rings. The molecule has 1 aliphatic heterocycles. The zero-order chi connectivity index (χ0) is 11.5. The van der Waals surface area contributed by atoms with Gasteiger partial charge in [0.1, 0.15) is 0 Å². The van der Waals surface area contributed by atoms with E-state index >= 15 is 0 Å². The van der Waals surface area contributed by atoms with Crippen molar-refractivity contribution in [2.24, 2.45) is 0 Å². The van der Waals surface area contributed by atoms with Crippen molar-refractivity contribution < 1.29 is 13.6 Å². The molecule has 1 aromatic rings. The zero-order valence-electron chi connectivity index (χ0n) is 8.88. The topological polar surface area (TPSA) is 20.3 Å². The molecule has 0 atom stereocenters. The van der Waals surface area contributed by atoms with Gasteiger partial charge in [-0.2, -0.15) is 0 Å². The maximum absolute atomic E-state index is 13.3. The molecule has 16 heavy (non-hydrogen) atoms. The Bertz CT molecular complexity index is 400. The van der Waals surface area contributed by atoms with Crippen molar-refractivity contribution in [3.63, 3.8) is 0 Å². The minimum Gasteiger partial charge on any atom is -0.342 e. The maximum Gasteiger partial charge on any atom is 0.227 e. The summed E-state index contributed by atoms with van der Waals surface area (Å²) < 4.78 is 26.2. The number of halogens is 2. The molecule has 1 saturated heterocycles. The van der Waals surface area contributed by atoms with Crippen LogP contribution in [0.5, 0.6) is 0 Å². The fourth-order valence-electron chi connectivity index (χ4n) is 1.93. The summed E-state index contributed by atoms with van der Waals surface area (Å²) in [5, 5.41) is 0. The average Bonchev–Trinajstić information content (AvgIpc) is 2.78. The van der Waals surface area contributed by atoms with Gasteiger partial charge in [-0.3, -0.25) is 4.79 Å². The lowest BCUT2D eigenvalue weighted by molar-refractivity contribution is -0.129. The van der Waals surface area contributed by atoms with Gasteiger partial charge in [0, 0.05) is 18.7 Å². The molecule has 0 saturated carbocycles. The van der Waals surface area contributed by atoms with Gasteiger partial charge in [0.25, 0.3) is 0 Å². The molecular formula is C12H13F2NO. The van der Waals surface area contributed by atoms with Gasteiger partial charge >= 0.3 is 0 Å². The highest BCUT2D eigenvalue weighted by atomic mass is 19.2. The summed E-state index contributed by atoms with van der Waals surface area (Å²) in [7, 11) is 0. The normalized spacial score (nSPS) is 15.5. The largest absolute Gasteiger partial charge is 0.342 e. The first kappa shape index (κ1) is 11.0. The number of rotatable bonds is 2. The van der Waals surface area contributed by atoms with E-state index in [9.17, 15) is 13.6 Å². The number of carbonyl (C=O) groups excluding carboxylic acids is 1. The van der Waals surface area contributed by atoms with Gasteiger partial charge in [-0.25, -0.2) is 8.78 Å². The van der Waals surface area contributed by atoms with Gasteiger partial charge in [-0.15, -0.1) is 0 Å². The molecule has 1 aromatic carbocycles. The summed E-state index contributed by atoms with van der Waals surface area (Å²) in [6.45, 7) is 1.46. The van der Waals surface area contributed by atoms with E-state index in [0.29, 0.717) is 0 Å². The van der Waals surface area contributed by atoms with E-state index in [0.717, 1.165) is 32.0 Å². The second-order valence-electron chi connectivity index (χ2n) is 3.98. The first-order chi connectivity index (χ1) is 7.68. The van der Waals surface area contributed by atoms with Crippen molar-refractivity contribution in [2.45, 2.75) is 19.3 Å². The zero-order valence-corrected chi connectivity index (χ0v) is 8.88. The number of benzene rings is 1. The molecule has 0 aromatic heterocycles. The van der Waals surface area contributed by atoms with Crippen LogP contribution in [0, 0.1) is 11.6 Å². The van der Waals surface area contributed by atoms with Crippen molar-refractivity contribution in [1.82, 2.24) is 4.90 Å². The Hall–Kier alpha value is -1.45. The van der Waals surface area contributed by atoms with Crippen LogP contribution in [0.2, 0.25) is 0 Å². The van der Waals surface area contributed by atoms with Crippen LogP contribution in [0.15, 0.2) is 18.2 Å². The van der Waals surface area contributed by atoms with Crippen LogP contribution in [0.1, 0.15) is 18.4 Å². The summed E-state index contributed by atoms with van der Waals surface area (Å²) >= 11 is 0.